The van der Waals surface area contributed by atoms with E-state index in [0.717, 1.165) is 29.7 Å². The van der Waals surface area contributed by atoms with E-state index in [1.807, 2.05) is 0 Å². The Bertz CT molecular complexity index is 593. The number of thiophene rings is 1. The van der Waals surface area contributed by atoms with Crippen LogP contribution in [0.3, 0.4) is 0 Å². The van der Waals surface area contributed by atoms with Crippen LogP contribution >= 0.6 is 11.3 Å². The van der Waals surface area contributed by atoms with E-state index >= 15 is 0 Å². The Morgan fingerprint density at radius 3 is 2.83 bits per heavy atom. The van der Waals surface area contributed by atoms with Gasteiger partial charge in [0.15, 0.2) is 5.82 Å². The molecular formula is C10H15N7S. The van der Waals surface area contributed by atoms with Crippen LogP contribution in [0.2, 0.25) is 0 Å². The molecule has 0 atom stereocenters. The highest BCUT2D eigenvalue weighted by Gasteiger charge is 2.22. The number of fused-ring (bicyclic) bond motifs is 3. The Labute approximate surface area is 108 Å². The Morgan fingerprint density at radius 2 is 2.11 bits per heavy atom. The summed E-state index contributed by atoms with van der Waals surface area (Å²) in [4.78, 5) is 13.2. The first-order chi connectivity index (χ1) is 8.72. The molecule has 6 N–H and O–H groups in total. The molecule has 96 valence electrons. The smallest absolute Gasteiger partial charge is 0.240 e. The quantitative estimate of drug-likeness (QED) is 0.455. The van der Waals surface area contributed by atoms with Crippen LogP contribution in [0.4, 0.5) is 11.8 Å². The molecule has 18 heavy (non-hydrogen) atoms. The topological polar surface area (TPSA) is 105 Å². The van der Waals surface area contributed by atoms with Crippen molar-refractivity contribution >= 4 is 33.3 Å². The molecule has 0 amide bonds. The summed E-state index contributed by atoms with van der Waals surface area (Å²) in [7, 11) is 2.12. The molecule has 8 heteroatoms. The molecule has 7 nitrogen and oxygen atoms in total. The molecule has 1 aliphatic rings. The second-order valence-electron chi connectivity index (χ2n) is 4.36. The lowest BCUT2D eigenvalue weighted by molar-refractivity contribution is 0.318. The van der Waals surface area contributed by atoms with E-state index in [1.165, 1.54) is 10.4 Å². The van der Waals surface area contributed by atoms with Gasteiger partial charge in [0.05, 0.1) is 5.39 Å². The molecule has 0 saturated carbocycles. The highest BCUT2D eigenvalue weighted by Crippen LogP contribution is 2.37. The lowest BCUT2D eigenvalue weighted by atomic mass is 10.1. The predicted molar refractivity (Wildman–Crippen MR) is 73.1 cm³/mol. The molecule has 1 aliphatic heterocycles. The third-order valence-corrected chi connectivity index (χ3v) is 4.27. The minimum atomic E-state index is 0.377. The number of hydrogen-bond donors (Lipinski definition) is 4. The van der Waals surface area contributed by atoms with Gasteiger partial charge in [0.1, 0.15) is 4.83 Å². The van der Waals surface area contributed by atoms with E-state index in [9.17, 15) is 0 Å². The summed E-state index contributed by atoms with van der Waals surface area (Å²) < 4.78 is 0. The van der Waals surface area contributed by atoms with Crippen molar-refractivity contribution in [2.24, 2.45) is 11.7 Å². The standard InChI is InChI=1S/C10H15N7S/c1-17-3-2-5-6(4-17)18-9-7(5)8(15-11)13-10(14-9)16-12/h2-4,11-12H2,1H3,(H2,13,14,15,16). The van der Waals surface area contributed by atoms with Crippen molar-refractivity contribution < 1.29 is 0 Å². The Morgan fingerprint density at radius 1 is 1.28 bits per heavy atom. The number of likely N-dealkylation sites (N-methyl/N-ethyl adjacent to an activating group) is 1. The summed E-state index contributed by atoms with van der Waals surface area (Å²) >= 11 is 1.68. The summed E-state index contributed by atoms with van der Waals surface area (Å²) in [6.45, 7) is 1.99. The Kier molecular flexibility index (Phi) is 2.78. The average molecular weight is 265 g/mol. The van der Waals surface area contributed by atoms with Gasteiger partial charge in [-0.2, -0.15) is 4.98 Å². The van der Waals surface area contributed by atoms with Crippen LogP contribution in [-0.2, 0) is 13.0 Å². The van der Waals surface area contributed by atoms with E-state index < -0.39 is 0 Å². The van der Waals surface area contributed by atoms with E-state index in [2.05, 4.69) is 32.8 Å². The van der Waals surface area contributed by atoms with Crippen LogP contribution in [0.1, 0.15) is 10.4 Å². The maximum absolute atomic E-state index is 5.54. The first-order valence-electron chi connectivity index (χ1n) is 5.67. The average Bonchev–Trinajstić information content (AvgIpc) is 2.74. The second-order valence-corrected chi connectivity index (χ2v) is 5.44. The lowest BCUT2D eigenvalue weighted by Crippen LogP contribution is -2.25. The Hall–Kier alpha value is -1.48. The number of nitrogens with two attached hydrogens (primary N) is 2. The lowest BCUT2D eigenvalue weighted by Gasteiger charge is -2.22. The minimum absolute atomic E-state index is 0.377. The van der Waals surface area contributed by atoms with Crippen LogP contribution in [0.25, 0.3) is 10.2 Å². The molecule has 0 saturated heterocycles. The number of nitrogens with one attached hydrogen (secondary N) is 2. The zero-order valence-electron chi connectivity index (χ0n) is 10.0. The molecule has 2 aromatic rings. The monoisotopic (exact) mass is 265 g/mol. The van der Waals surface area contributed by atoms with E-state index in [0.29, 0.717) is 11.8 Å². The van der Waals surface area contributed by atoms with Gasteiger partial charge in [-0.3, -0.25) is 5.43 Å². The van der Waals surface area contributed by atoms with Gasteiger partial charge in [-0.25, -0.2) is 16.7 Å². The first kappa shape index (κ1) is 11.6. The zero-order valence-corrected chi connectivity index (χ0v) is 10.8. The van der Waals surface area contributed by atoms with Gasteiger partial charge in [0.25, 0.3) is 0 Å². The van der Waals surface area contributed by atoms with Crippen LogP contribution in [0.15, 0.2) is 0 Å². The van der Waals surface area contributed by atoms with Crippen molar-refractivity contribution in [3.05, 3.63) is 10.4 Å². The fraction of sp³-hybridized carbons (Fsp3) is 0.400. The number of hydrazine groups is 2. The van der Waals surface area contributed by atoms with Crippen molar-refractivity contribution in [2.75, 3.05) is 24.4 Å². The number of nitrogen functional groups attached to an aromatic ring is 2. The van der Waals surface area contributed by atoms with Crippen LogP contribution in [0.5, 0.6) is 0 Å². The highest BCUT2D eigenvalue weighted by atomic mass is 32.1. The van der Waals surface area contributed by atoms with Crippen molar-refractivity contribution in [1.29, 1.82) is 0 Å². The molecule has 0 radical (unpaired) electrons. The van der Waals surface area contributed by atoms with E-state index in [4.69, 9.17) is 11.7 Å². The number of aromatic nitrogens is 2. The predicted octanol–water partition coefficient (Wildman–Crippen LogP) is 0.250. The molecule has 3 rings (SSSR count). The third kappa shape index (κ3) is 1.70. The first-order valence-corrected chi connectivity index (χ1v) is 6.48. The number of nitrogens with zero attached hydrogens (tertiary/aromatic N) is 3. The summed E-state index contributed by atoms with van der Waals surface area (Å²) in [6, 6.07) is 0. The normalized spacial score (nSPS) is 15.7. The van der Waals surface area contributed by atoms with Crippen molar-refractivity contribution in [2.45, 2.75) is 13.0 Å². The van der Waals surface area contributed by atoms with Crippen molar-refractivity contribution in [3.63, 3.8) is 0 Å². The van der Waals surface area contributed by atoms with Crippen molar-refractivity contribution in [1.82, 2.24) is 14.9 Å². The molecule has 0 spiro atoms. The summed E-state index contributed by atoms with van der Waals surface area (Å²) in [6.07, 6.45) is 0.999. The van der Waals surface area contributed by atoms with E-state index in [-0.39, 0.29) is 0 Å². The van der Waals surface area contributed by atoms with Crippen LogP contribution in [-0.4, -0.2) is 28.5 Å². The second kappa shape index (κ2) is 4.32. The molecule has 0 unspecified atom stereocenters. The van der Waals surface area contributed by atoms with Gasteiger partial charge in [-0.1, -0.05) is 0 Å². The molecule has 0 aliphatic carbocycles. The SMILES string of the molecule is CN1CCc2c(sc3nc(NN)nc(NN)c23)C1. The van der Waals surface area contributed by atoms with Gasteiger partial charge in [-0.05, 0) is 19.0 Å². The zero-order chi connectivity index (χ0) is 12.7. The molecular weight excluding hydrogens is 250 g/mol. The number of hydrogen-bond acceptors (Lipinski definition) is 8. The minimum Gasteiger partial charge on any atom is -0.308 e. The van der Waals surface area contributed by atoms with Gasteiger partial charge >= 0.3 is 0 Å². The maximum Gasteiger partial charge on any atom is 0.240 e. The van der Waals surface area contributed by atoms with Gasteiger partial charge in [0.2, 0.25) is 5.95 Å². The van der Waals surface area contributed by atoms with Crippen LogP contribution in [0, 0.1) is 0 Å². The van der Waals surface area contributed by atoms with E-state index in [1.54, 1.807) is 11.3 Å². The fourth-order valence-electron chi connectivity index (χ4n) is 2.29. The molecule has 3 heterocycles. The maximum atomic E-state index is 5.54. The summed E-state index contributed by atoms with van der Waals surface area (Å²) in [5.41, 5.74) is 6.41. The number of anilines is 2. The molecule has 2 aromatic heterocycles. The molecule has 0 fully saturated rings. The van der Waals surface area contributed by atoms with Gasteiger partial charge in [0, 0.05) is 18.0 Å². The summed E-state index contributed by atoms with van der Waals surface area (Å²) in [5.74, 6) is 11.9. The Balaban J connectivity index is 2.24. The molecule has 0 bridgehead atoms. The highest BCUT2D eigenvalue weighted by molar-refractivity contribution is 7.19. The largest absolute Gasteiger partial charge is 0.308 e. The van der Waals surface area contributed by atoms with Gasteiger partial charge < -0.3 is 10.3 Å². The third-order valence-electron chi connectivity index (χ3n) is 3.16. The number of rotatable bonds is 2. The summed E-state index contributed by atoms with van der Waals surface area (Å²) in [5, 5.41) is 1.03. The van der Waals surface area contributed by atoms with Crippen LogP contribution < -0.4 is 22.5 Å². The van der Waals surface area contributed by atoms with Gasteiger partial charge in [-0.15, -0.1) is 11.3 Å². The fourth-order valence-corrected chi connectivity index (χ4v) is 3.59. The van der Waals surface area contributed by atoms with Crippen molar-refractivity contribution in [3.8, 4) is 0 Å². The molecule has 0 aromatic carbocycles.